The number of carboxylic acids is 1. The van der Waals surface area contributed by atoms with Gasteiger partial charge in [0, 0.05) is 18.1 Å². The van der Waals surface area contributed by atoms with Gasteiger partial charge in [0.15, 0.2) is 5.69 Å². The molecule has 0 fully saturated rings. The summed E-state index contributed by atoms with van der Waals surface area (Å²) < 4.78 is 3.30. The van der Waals surface area contributed by atoms with Crippen LogP contribution in [0.25, 0.3) is 16.6 Å². The van der Waals surface area contributed by atoms with Crippen LogP contribution in [0.5, 0.6) is 0 Å². The molecule has 7 heteroatoms. The first kappa shape index (κ1) is 14.8. The standard InChI is InChI=1S/C16H15N5O2/c1-10(2)8-21-15-4-3-12(5-13(15)14(6-17)19-21)20-9-11(7-18-20)16(22)23/h3-5,7,9-10H,8H2,1-2H3,(H,22,23). The van der Waals surface area contributed by atoms with Crippen LogP contribution in [-0.2, 0) is 6.54 Å². The first-order valence-corrected chi connectivity index (χ1v) is 7.18. The molecule has 0 atom stereocenters. The highest BCUT2D eigenvalue weighted by atomic mass is 16.4. The summed E-state index contributed by atoms with van der Waals surface area (Å²) in [5, 5.41) is 27.4. The zero-order valence-electron chi connectivity index (χ0n) is 12.8. The fraction of sp³-hybridized carbons (Fsp3) is 0.250. The molecule has 23 heavy (non-hydrogen) atoms. The number of nitrogens with zero attached hydrogens (tertiary/aromatic N) is 5. The van der Waals surface area contributed by atoms with Crippen LogP contribution in [0.3, 0.4) is 0 Å². The van der Waals surface area contributed by atoms with Crippen LogP contribution in [0.1, 0.15) is 29.9 Å². The van der Waals surface area contributed by atoms with Gasteiger partial charge in [0.25, 0.3) is 0 Å². The minimum Gasteiger partial charge on any atom is -0.478 e. The molecule has 3 rings (SSSR count). The number of nitriles is 1. The van der Waals surface area contributed by atoms with E-state index >= 15 is 0 Å². The molecule has 0 aliphatic carbocycles. The number of fused-ring (bicyclic) bond motifs is 1. The monoisotopic (exact) mass is 309 g/mol. The first-order valence-electron chi connectivity index (χ1n) is 7.18. The fourth-order valence-corrected chi connectivity index (χ4v) is 2.45. The van der Waals surface area contributed by atoms with Gasteiger partial charge < -0.3 is 5.11 Å². The number of aromatic carboxylic acids is 1. The largest absolute Gasteiger partial charge is 0.478 e. The fourth-order valence-electron chi connectivity index (χ4n) is 2.45. The Morgan fingerprint density at radius 1 is 1.43 bits per heavy atom. The maximum Gasteiger partial charge on any atom is 0.338 e. The zero-order chi connectivity index (χ0) is 16.6. The molecule has 2 aromatic heterocycles. The van der Waals surface area contributed by atoms with Crippen LogP contribution < -0.4 is 0 Å². The predicted octanol–water partition coefficient (Wildman–Crippen LogP) is 2.45. The Morgan fingerprint density at radius 2 is 2.22 bits per heavy atom. The van der Waals surface area contributed by atoms with E-state index in [1.165, 1.54) is 17.1 Å². The van der Waals surface area contributed by atoms with Crippen molar-refractivity contribution in [3.8, 4) is 11.8 Å². The Bertz CT molecular complexity index is 930. The van der Waals surface area contributed by atoms with E-state index in [1.807, 2.05) is 16.8 Å². The van der Waals surface area contributed by atoms with Gasteiger partial charge in [0.05, 0.1) is 23.0 Å². The Labute approximate surface area is 132 Å². The summed E-state index contributed by atoms with van der Waals surface area (Å²) in [4.78, 5) is 11.0. The van der Waals surface area contributed by atoms with Gasteiger partial charge in [-0.1, -0.05) is 13.8 Å². The number of hydrogen-bond acceptors (Lipinski definition) is 4. The van der Waals surface area contributed by atoms with Crippen LogP contribution in [0.15, 0.2) is 30.6 Å². The van der Waals surface area contributed by atoms with Crippen molar-refractivity contribution in [1.29, 1.82) is 5.26 Å². The van der Waals surface area contributed by atoms with Gasteiger partial charge in [-0.05, 0) is 24.1 Å². The lowest BCUT2D eigenvalue weighted by Gasteiger charge is -2.07. The third kappa shape index (κ3) is 2.66. The molecule has 0 amide bonds. The minimum absolute atomic E-state index is 0.112. The molecule has 2 heterocycles. The number of hydrogen-bond donors (Lipinski definition) is 1. The van der Waals surface area contributed by atoms with E-state index < -0.39 is 5.97 Å². The number of carboxylic acid groups (broad SMARTS) is 1. The average Bonchev–Trinajstić information content (AvgIpc) is 3.11. The zero-order valence-corrected chi connectivity index (χ0v) is 12.8. The average molecular weight is 309 g/mol. The molecule has 0 aliphatic heterocycles. The summed E-state index contributed by atoms with van der Waals surface area (Å²) in [7, 11) is 0. The molecule has 0 radical (unpaired) electrons. The van der Waals surface area contributed by atoms with Gasteiger partial charge in [0.1, 0.15) is 6.07 Å². The SMILES string of the molecule is CC(C)Cn1nc(C#N)c2cc(-n3cc(C(=O)O)cn3)ccc21. The van der Waals surface area contributed by atoms with Crippen LogP contribution in [0, 0.1) is 17.2 Å². The second-order valence-electron chi connectivity index (χ2n) is 5.72. The second-order valence-corrected chi connectivity index (χ2v) is 5.72. The van der Waals surface area contributed by atoms with Gasteiger partial charge in [-0.15, -0.1) is 0 Å². The molecule has 0 bridgehead atoms. The van der Waals surface area contributed by atoms with Crippen molar-refractivity contribution >= 4 is 16.9 Å². The predicted molar refractivity (Wildman–Crippen MR) is 83.4 cm³/mol. The van der Waals surface area contributed by atoms with Crippen molar-refractivity contribution in [3.05, 3.63) is 41.9 Å². The maximum atomic E-state index is 11.0. The molecule has 1 N–H and O–H groups in total. The van der Waals surface area contributed by atoms with Gasteiger partial charge in [-0.2, -0.15) is 15.5 Å². The summed E-state index contributed by atoms with van der Waals surface area (Å²) >= 11 is 0. The highest BCUT2D eigenvalue weighted by Crippen LogP contribution is 2.22. The molecule has 7 nitrogen and oxygen atoms in total. The summed E-state index contributed by atoms with van der Waals surface area (Å²) in [6.07, 6.45) is 2.73. The topological polar surface area (TPSA) is 96.7 Å². The third-order valence-electron chi connectivity index (χ3n) is 3.47. The quantitative estimate of drug-likeness (QED) is 0.798. The maximum absolute atomic E-state index is 11.0. The molecular weight excluding hydrogens is 294 g/mol. The van der Waals surface area contributed by atoms with E-state index in [-0.39, 0.29) is 5.56 Å². The van der Waals surface area contributed by atoms with E-state index in [0.717, 1.165) is 17.4 Å². The molecule has 0 saturated heterocycles. The van der Waals surface area contributed by atoms with Gasteiger partial charge in [-0.25, -0.2) is 9.48 Å². The van der Waals surface area contributed by atoms with Crippen molar-refractivity contribution in [2.45, 2.75) is 20.4 Å². The Morgan fingerprint density at radius 3 is 2.83 bits per heavy atom. The highest BCUT2D eigenvalue weighted by Gasteiger charge is 2.13. The molecular formula is C16H15N5O2. The number of rotatable bonds is 4. The molecule has 116 valence electrons. The number of carbonyl (C=O) groups is 1. The smallest absolute Gasteiger partial charge is 0.338 e. The lowest BCUT2D eigenvalue weighted by atomic mass is 10.2. The summed E-state index contributed by atoms with van der Waals surface area (Å²) in [6, 6.07) is 7.62. The van der Waals surface area contributed by atoms with Crippen molar-refractivity contribution in [1.82, 2.24) is 19.6 Å². The second kappa shape index (κ2) is 5.57. The van der Waals surface area contributed by atoms with Crippen LogP contribution in [0.2, 0.25) is 0 Å². The molecule has 0 unspecified atom stereocenters. The van der Waals surface area contributed by atoms with Gasteiger partial charge in [-0.3, -0.25) is 4.68 Å². The Balaban J connectivity index is 2.11. The Kier molecular flexibility index (Phi) is 3.58. The lowest BCUT2D eigenvalue weighted by Crippen LogP contribution is -2.06. The lowest BCUT2D eigenvalue weighted by molar-refractivity contribution is 0.0697. The van der Waals surface area contributed by atoms with E-state index in [0.29, 0.717) is 17.3 Å². The first-order chi connectivity index (χ1) is 11.0. The van der Waals surface area contributed by atoms with E-state index in [9.17, 15) is 10.1 Å². The van der Waals surface area contributed by atoms with Gasteiger partial charge in [0.2, 0.25) is 0 Å². The third-order valence-corrected chi connectivity index (χ3v) is 3.47. The van der Waals surface area contributed by atoms with Gasteiger partial charge >= 0.3 is 5.97 Å². The molecule has 1 aromatic carbocycles. The highest BCUT2D eigenvalue weighted by molar-refractivity contribution is 5.88. The summed E-state index contributed by atoms with van der Waals surface area (Å²) in [6.45, 7) is 4.90. The number of benzene rings is 1. The van der Waals surface area contributed by atoms with E-state index in [4.69, 9.17) is 5.11 Å². The van der Waals surface area contributed by atoms with E-state index in [2.05, 4.69) is 30.1 Å². The molecule has 3 aromatic rings. The summed E-state index contributed by atoms with van der Waals surface area (Å²) in [5.74, 6) is -0.617. The van der Waals surface area contributed by atoms with Crippen molar-refractivity contribution < 1.29 is 9.90 Å². The van der Waals surface area contributed by atoms with Crippen LogP contribution in [0.4, 0.5) is 0 Å². The molecule has 0 aliphatic rings. The van der Waals surface area contributed by atoms with Crippen molar-refractivity contribution in [2.75, 3.05) is 0 Å². The summed E-state index contributed by atoms with van der Waals surface area (Å²) in [5.41, 5.74) is 2.03. The Hall–Kier alpha value is -3.14. The van der Waals surface area contributed by atoms with E-state index in [1.54, 1.807) is 6.07 Å². The molecule has 0 spiro atoms. The van der Waals surface area contributed by atoms with Crippen molar-refractivity contribution in [2.24, 2.45) is 5.92 Å². The van der Waals surface area contributed by atoms with Crippen LogP contribution in [-0.4, -0.2) is 30.6 Å². The molecule has 0 saturated carbocycles. The normalized spacial score (nSPS) is 11.0. The minimum atomic E-state index is -1.03. The number of aromatic nitrogens is 4. The van der Waals surface area contributed by atoms with Crippen LogP contribution >= 0.6 is 0 Å². The van der Waals surface area contributed by atoms with Crippen molar-refractivity contribution in [3.63, 3.8) is 0 Å².